The number of terminal acetylenes is 1. The summed E-state index contributed by atoms with van der Waals surface area (Å²) in [5.74, 6) is 10.3. The molecule has 0 amide bonds. The smallest absolute Gasteiger partial charge is 0.261 e. The Hall–Kier alpha value is -4.21. The van der Waals surface area contributed by atoms with Gasteiger partial charge in [0, 0.05) is 59.5 Å². The van der Waals surface area contributed by atoms with Crippen LogP contribution in [0.5, 0.6) is 0 Å². The molecule has 2 aliphatic heterocycles. The number of rotatable bonds is 0. The van der Waals surface area contributed by atoms with Crippen molar-refractivity contribution in [1.82, 2.24) is 39.7 Å². The highest BCUT2D eigenvalue weighted by Crippen LogP contribution is 2.17. The van der Waals surface area contributed by atoms with Gasteiger partial charge in [-0.3, -0.25) is 18.7 Å². The highest BCUT2D eigenvalue weighted by Gasteiger charge is 2.15. The standard InChI is InChI=1S/C17H14N4OS.C13H11N3O.C4H4BrNS.ClH/c1-11-9-19-16(23-11)5-3-12-2-4-13-14(8-12)20-15-10-18-6-7-21(15)17(13)22;1-2-9-3-4-10-11(7-9)15-12-8-14-5-6-16(12)13(10)17;1-3-2-6-4(5)7-3;/h2,4,8-9,18H,6-7,10H2,1H3;1,3-4,7,14H,5-6,8H2;2H,1H3;1H. The highest BCUT2D eigenvalue weighted by molar-refractivity contribution is 9.11. The van der Waals surface area contributed by atoms with Gasteiger partial charge in [0.1, 0.15) is 11.6 Å². The van der Waals surface area contributed by atoms with E-state index in [0.717, 1.165) is 49.7 Å². The lowest BCUT2D eigenvalue weighted by Crippen LogP contribution is -2.37. The Labute approximate surface area is 299 Å². The Morgan fingerprint density at radius 3 is 1.81 bits per heavy atom. The van der Waals surface area contributed by atoms with E-state index in [2.05, 4.69) is 64.3 Å². The summed E-state index contributed by atoms with van der Waals surface area (Å²) >= 11 is 6.46. The third-order valence-corrected chi connectivity index (χ3v) is 9.57. The van der Waals surface area contributed by atoms with E-state index < -0.39 is 0 Å². The number of fused-ring (bicyclic) bond motifs is 4. The van der Waals surface area contributed by atoms with Crippen LogP contribution in [0.15, 0.2) is 62.3 Å². The first-order valence-corrected chi connectivity index (χ1v) is 17.2. The summed E-state index contributed by atoms with van der Waals surface area (Å²) < 4.78 is 4.45. The summed E-state index contributed by atoms with van der Waals surface area (Å²) in [6, 6.07) is 10.9. The van der Waals surface area contributed by atoms with E-state index in [4.69, 9.17) is 6.42 Å². The second-order valence-electron chi connectivity index (χ2n) is 10.7. The van der Waals surface area contributed by atoms with Crippen LogP contribution in [0.2, 0.25) is 0 Å². The molecule has 4 aromatic heterocycles. The van der Waals surface area contributed by atoms with Crippen LogP contribution in [0.3, 0.4) is 0 Å². The van der Waals surface area contributed by atoms with E-state index in [9.17, 15) is 9.59 Å². The van der Waals surface area contributed by atoms with Crippen molar-refractivity contribution >= 4 is 72.8 Å². The molecule has 0 radical (unpaired) electrons. The van der Waals surface area contributed by atoms with Crippen molar-refractivity contribution in [2.75, 3.05) is 13.1 Å². The zero-order valence-electron chi connectivity index (χ0n) is 26.0. The van der Waals surface area contributed by atoms with E-state index in [-0.39, 0.29) is 23.5 Å². The first-order valence-electron chi connectivity index (χ1n) is 14.8. The zero-order chi connectivity index (χ0) is 32.9. The minimum absolute atomic E-state index is 0. The fourth-order valence-corrected chi connectivity index (χ4v) is 7.04. The predicted octanol–water partition coefficient (Wildman–Crippen LogP) is 4.78. The molecule has 0 bridgehead atoms. The molecule has 244 valence electrons. The Kier molecular flexibility index (Phi) is 11.5. The molecule has 8 rings (SSSR count). The fourth-order valence-electron chi connectivity index (χ4n) is 5.08. The number of hydrogen-bond acceptors (Lipinski definition) is 10. The largest absolute Gasteiger partial charge is 0.308 e. The molecular formula is C34H30BrClN8O2S2. The average molecular weight is 762 g/mol. The zero-order valence-corrected chi connectivity index (χ0v) is 30.1. The van der Waals surface area contributed by atoms with Crippen LogP contribution in [0.4, 0.5) is 0 Å². The third-order valence-electron chi connectivity index (χ3n) is 7.35. The van der Waals surface area contributed by atoms with Crippen LogP contribution in [0, 0.1) is 38.0 Å². The summed E-state index contributed by atoms with van der Waals surface area (Å²) in [7, 11) is 0. The average Bonchev–Trinajstić information content (AvgIpc) is 3.69. The lowest BCUT2D eigenvalue weighted by Gasteiger charge is -2.18. The quantitative estimate of drug-likeness (QED) is 0.213. The van der Waals surface area contributed by atoms with Crippen LogP contribution in [-0.2, 0) is 26.2 Å². The number of nitrogens with one attached hydrogen (secondary N) is 2. The van der Waals surface area contributed by atoms with Gasteiger partial charge in [0.15, 0.2) is 8.92 Å². The SMILES string of the molecule is C#Cc1ccc2c(=O)n3c(nc2c1)CNCC3.Cc1cnc(Br)s1.Cc1cnc(C#Cc2ccc3c(=O)n4c(nc3c2)CNCC4)s1.Cl. The molecule has 0 unspecified atom stereocenters. The summed E-state index contributed by atoms with van der Waals surface area (Å²) in [4.78, 5) is 44.4. The van der Waals surface area contributed by atoms with Gasteiger partial charge in [0.25, 0.3) is 11.1 Å². The molecule has 2 aromatic carbocycles. The van der Waals surface area contributed by atoms with Crippen LogP contribution < -0.4 is 21.8 Å². The van der Waals surface area contributed by atoms with Crippen molar-refractivity contribution in [1.29, 1.82) is 0 Å². The summed E-state index contributed by atoms with van der Waals surface area (Å²) in [5.41, 5.74) is 3.02. The Balaban J connectivity index is 0.000000158. The molecule has 0 spiro atoms. The van der Waals surface area contributed by atoms with E-state index in [1.54, 1.807) is 50.0 Å². The molecule has 48 heavy (non-hydrogen) atoms. The molecule has 2 aliphatic rings. The van der Waals surface area contributed by atoms with Gasteiger partial charge in [-0.15, -0.1) is 41.5 Å². The molecule has 6 aromatic rings. The molecule has 0 aliphatic carbocycles. The van der Waals surface area contributed by atoms with E-state index >= 15 is 0 Å². The first-order chi connectivity index (χ1) is 22.8. The second-order valence-corrected chi connectivity index (χ2v) is 14.4. The maximum Gasteiger partial charge on any atom is 0.261 e. The number of aromatic nitrogens is 6. The number of benzene rings is 2. The van der Waals surface area contributed by atoms with E-state index in [0.29, 0.717) is 48.0 Å². The predicted molar refractivity (Wildman–Crippen MR) is 198 cm³/mol. The van der Waals surface area contributed by atoms with Gasteiger partial charge in [-0.2, -0.15) is 0 Å². The van der Waals surface area contributed by atoms with Crippen LogP contribution in [0.1, 0.15) is 37.5 Å². The molecule has 0 saturated heterocycles. The highest BCUT2D eigenvalue weighted by atomic mass is 79.9. The molecule has 0 atom stereocenters. The summed E-state index contributed by atoms with van der Waals surface area (Å²) in [5, 5.41) is 8.51. The third kappa shape index (κ3) is 8.08. The maximum absolute atomic E-state index is 12.5. The number of thiazole rings is 2. The van der Waals surface area contributed by atoms with Crippen molar-refractivity contribution in [2.45, 2.75) is 40.0 Å². The molecule has 0 fully saturated rings. The van der Waals surface area contributed by atoms with Crippen LogP contribution in [0.25, 0.3) is 21.8 Å². The molecule has 6 heterocycles. The lowest BCUT2D eigenvalue weighted by atomic mass is 10.1. The summed E-state index contributed by atoms with van der Waals surface area (Å²) in [6.07, 6.45) is 9.00. The van der Waals surface area contributed by atoms with Gasteiger partial charge >= 0.3 is 0 Å². The monoisotopic (exact) mass is 760 g/mol. The first kappa shape index (κ1) is 35.1. The molecule has 10 nitrogen and oxygen atoms in total. The van der Waals surface area contributed by atoms with E-state index in [1.165, 1.54) is 4.88 Å². The van der Waals surface area contributed by atoms with Crippen molar-refractivity contribution in [3.05, 3.63) is 111 Å². The normalized spacial score (nSPS) is 12.9. The van der Waals surface area contributed by atoms with Crippen molar-refractivity contribution < 1.29 is 0 Å². The molecule has 14 heteroatoms. The molecule has 2 N–H and O–H groups in total. The van der Waals surface area contributed by atoms with Crippen LogP contribution >= 0.6 is 51.0 Å². The van der Waals surface area contributed by atoms with Crippen molar-refractivity contribution in [3.8, 4) is 24.2 Å². The van der Waals surface area contributed by atoms with Crippen LogP contribution in [-0.4, -0.2) is 42.2 Å². The molecular weight excluding hydrogens is 732 g/mol. The van der Waals surface area contributed by atoms with Gasteiger partial charge in [0.2, 0.25) is 0 Å². The maximum atomic E-state index is 12.5. The number of aryl methyl sites for hydroxylation is 2. The van der Waals surface area contributed by atoms with Crippen molar-refractivity contribution in [3.63, 3.8) is 0 Å². The van der Waals surface area contributed by atoms with Gasteiger partial charge in [0.05, 0.1) is 34.9 Å². The Morgan fingerprint density at radius 2 is 1.33 bits per heavy atom. The van der Waals surface area contributed by atoms with Gasteiger partial charge in [-0.05, 0) is 72.1 Å². The lowest BCUT2D eigenvalue weighted by molar-refractivity contribution is 0.486. The number of hydrogen-bond donors (Lipinski definition) is 2. The minimum atomic E-state index is 0. The number of halogens is 2. The number of nitrogens with zero attached hydrogens (tertiary/aromatic N) is 6. The summed E-state index contributed by atoms with van der Waals surface area (Å²) in [6.45, 7) is 8.25. The molecule has 0 saturated carbocycles. The van der Waals surface area contributed by atoms with Gasteiger partial charge in [-0.1, -0.05) is 11.8 Å². The Morgan fingerprint density at radius 1 is 0.792 bits per heavy atom. The minimum Gasteiger partial charge on any atom is -0.308 e. The Bertz CT molecular complexity index is 2330. The second kappa shape index (κ2) is 15.8. The van der Waals surface area contributed by atoms with Gasteiger partial charge in [-0.25, -0.2) is 19.9 Å². The van der Waals surface area contributed by atoms with E-state index in [1.807, 2.05) is 44.4 Å². The topological polar surface area (TPSA) is 120 Å². The fraction of sp³-hybridized carbons (Fsp3) is 0.235. The van der Waals surface area contributed by atoms with Crippen molar-refractivity contribution in [2.24, 2.45) is 0 Å². The van der Waals surface area contributed by atoms with Gasteiger partial charge < -0.3 is 10.6 Å².